The summed E-state index contributed by atoms with van der Waals surface area (Å²) in [4.78, 5) is 43.7. The number of piperidine rings is 1. The number of nitrogens with zero attached hydrogens (tertiary/aromatic N) is 2. The van der Waals surface area contributed by atoms with Gasteiger partial charge in [-0.1, -0.05) is 24.3 Å². The Morgan fingerprint density at radius 3 is 2.40 bits per heavy atom. The van der Waals surface area contributed by atoms with E-state index in [1.54, 1.807) is 49.5 Å². The molecule has 1 aliphatic heterocycles. The molecule has 10 nitrogen and oxygen atoms in total. The molecule has 0 spiro atoms. The number of benzene rings is 2. The highest BCUT2D eigenvalue weighted by atomic mass is 16.6. The monoisotopic (exact) mass is 548 g/mol. The van der Waals surface area contributed by atoms with Crippen molar-refractivity contribution < 1.29 is 29.1 Å². The van der Waals surface area contributed by atoms with Crippen molar-refractivity contribution in [3.63, 3.8) is 0 Å². The fourth-order valence-electron chi connectivity index (χ4n) is 4.75. The van der Waals surface area contributed by atoms with Gasteiger partial charge in [0.1, 0.15) is 11.4 Å². The maximum atomic E-state index is 13.2. The molecular weight excluding hydrogens is 512 g/mol. The lowest BCUT2D eigenvalue weighted by Gasteiger charge is -2.42. The number of likely N-dealkylation sites (tertiary alicyclic amines) is 1. The number of hydrogen-bond donors (Lipinski definition) is 3. The Hall–Kier alpha value is -4.18. The van der Waals surface area contributed by atoms with E-state index in [-0.39, 0.29) is 12.3 Å². The first-order chi connectivity index (χ1) is 19.1. The van der Waals surface area contributed by atoms with E-state index in [0.717, 1.165) is 22.2 Å². The molecule has 1 aromatic heterocycles. The number of hydrogen-bond acceptors (Lipinski definition) is 7. The predicted molar refractivity (Wildman–Crippen MR) is 149 cm³/mol. The average molecular weight is 549 g/mol. The maximum Gasteiger partial charge on any atom is 0.410 e. The van der Waals surface area contributed by atoms with Crippen LogP contribution in [-0.2, 0) is 16.0 Å². The van der Waals surface area contributed by atoms with Gasteiger partial charge in [0.25, 0.3) is 5.91 Å². The van der Waals surface area contributed by atoms with Gasteiger partial charge in [-0.15, -0.1) is 0 Å². The van der Waals surface area contributed by atoms with Gasteiger partial charge in [0, 0.05) is 36.7 Å². The van der Waals surface area contributed by atoms with Crippen LogP contribution < -0.4 is 15.5 Å². The van der Waals surface area contributed by atoms with Gasteiger partial charge in [0.2, 0.25) is 5.91 Å². The fraction of sp³-hybridized carbons (Fsp3) is 0.400. The zero-order chi connectivity index (χ0) is 28.8. The first-order valence-electron chi connectivity index (χ1n) is 13.4. The Morgan fingerprint density at radius 1 is 1.02 bits per heavy atom. The lowest BCUT2D eigenvalue weighted by molar-refractivity contribution is -0.131. The van der Waals surface area contributed by atoms with Gasteiger partial charge in [0.05, 0.1) is 24.1 Å². The largest absolute Gasteiger partial charge is 0.492 e. The smallest absolute Gasteiger partial charge is 0.410 e. The fourth-order valence-corrected chi connectivity index (χ4v) is 4.75. The summed E-state index contributed by atoms with van der Waals surface area (Å²) in [6.07, 6.45) is 2.50. The molecule has 40 heavy (non-hydrogen) atoms. The highest BCUT2D eigenvalue weighted by molar-refractivity contribution is 5.95. The van der Waals surface area contributed by atoms with Crippen LogP contribution in [0.25, 0.3) is 10.9 Å². The quantitative estimate of drug-likeness (QED) is 0.283. The van der Waals surface area contributed by atoms with Crippen LogP contribution in [0.1, 0.15) is 56.0 Å². The summed E-state index contributed by atoms with van der Waals surface area (Å²) in [5.74, 6) is -0.164. The third kappa shape index (κ3) is 7.47. The minimum Gasteiger partial charge on any atom is -0.492 e. The molecule has 0 aliphatic carbocycles. The molecule has 3 aromatic rings. The number of carbonyl (C=O) groups is 3. The van der Waals surface area contributed by atoms with Gasteiger partial charge in [-0.05, 0) is 69.5 Å². The van der Waals surface area contributed by atoms with E-state index in [2.05, 4.69) is 10.3 Å². The van der Waals surface area contributed by atoms with Gasteiger partial charge in [-0.2, -0.15) is 0 Å². The molecular formula is C30H36N4O6. The molecule has 2 aromatic carbocycles. The van der Waals surface area contributed by atoms with Gasteiger partial charge in [0.15, 0.2) is 0 Å². The predicted octanol–water partition coefficient (Wildman–Crippen LogP) is 4.25. The van der Waals surface area contributed by atoms with Gasteiger partial charge in [-0.3, -0.25) is 19.8 Å². The highest BCUT2D eigenvalue weighted by Gasteiger charge is 2.40. The van der Waals surface area contributed by atoms with Crippen molar-refractivity contribution in [1.82, 2.24) is 20.7 Å². The standard InChI is InChI=1S/C30H36N4O6/c1-29(2,3)40-28(37)34-17-14-30(15-18-34,20-26(35)33-38)32-27(36)22-10-8-21(9-11-22)13-19-39-25-12-16-31-24-7-5-4-6-23(24)25/h4-12,16,38H,13-15,17-20H2,1-3H3,(H,32,36)(H,33,35). The van der Waals surface area contributed by atoms with Gasteiger partial charge >= 0.3 is 6.09 Å². The second-order valence-corrected chi connectivity index (χ2v) is 11.0. The summed E-state index contributed by atoms with van der Waals surface area (Å²) >= 11 is 0. The van der Waals surface area contributed by atoms with Crippen molar-refractivity contribution in [3.8, 4) is 5.75 Å². The van der Waals surface area contributed by atoms with E-state index in [9.17, 15) is 14.4 Å². The average Bonchev–Trinajstić information content (AvgIpc) is 2.93. The lowest BCUT2D eigenvalue weighted by atomic mass is 9.83. The van der Waals surface area contributed by atoms with Crippen LogP contribution in [0.3, 0.4) is 0 Å². The number of aromatic nitrogens is 1. The van der Waals surface area contributed by atoms with Crippen LogP contribution in [0, 0.1) is 0 Å². The van der Waals surface area contributed by atoms with Crippen molar-refractivity contribution >= 4 is 28.8 Å². The van der Waals surface area contributed by atoms with Crippen LogP contribution in [0.2, 0.25) is 0 Å². The highest BCUT2D eigenvalue weighted by Crippen LogP contribution is 2.28. The number of pyridine rings is 1. The number of fused-ring (bicyclic) bond motifs is 1. The molecule has 2 heterocycles. The Kier molecular flexibility index (Phi) is 8.89. The third-order valence-corrected chi connectivity index (χ3v) is 6.85. The molecule has 0 radical (unpaired) electrons. The molecule has 4 rings (SSSR count). The number of ether oxygens (including phenoxy) is 2. The Labute approximate surface area is 233 Å². The van der Waals surface area contributed by atoms with Gasteiger partial charge < -0.3 is 19.7 Å². The van der Waals surface area contributed by atoms with Crippen molar-refractivity contribution in [3.05, 3.63) is 71.9 Å². The number of hydroxylamine groups is 1. The molecule has 1 saturated heterocycles. The van der Waals surface area contributed by atoms with E-state index >= 15 is 0 Å². The van der Waals surface area contributed by atoms with Crippen molar-refractivity contribution in [2.24, 2.45) is 0 Å². The minimum absolute atomic E-state index is 0.115. The molecule has 0 unspecified atom stereocenters. The van der Waals surface area contributed by atoms with E-state index in [0.29, 0.717) is 44.5 Å². The lowest BCUT2D eigenvalue weighted by Crippen LogP contribution is -2.58. The molecule has 1 fully saturated rings. The summed E-state index contributed by atoms with van der Waals surface area (Å²) in [6.45, 7) is 6.47. The number of rotatable bonds is 8. The zero-order valence-electron chi connectivity index (χ0n) is 23.1. The van der Waals surface area contributed by atoms with E-state index in [1.165, 1.54) is 0 Å². The van der Waals surface area contributed by atoms with Gasteiger partial charge in [-0.25, -0.2) is 10.3 Å². The number of para-hydroxylation sites is 1. The van der Waals surface area contributed by atoms with Crippen molar-refractivity contribution in [1.29, 1.82) is 0 Å². The molecule has 0 atom stereocenters. The summed E-state index contributed by atoms with van der Waals surface area (Å²) in [5.41, 5.74) is 2.45. The van der Waals surface area contributed by atoms with Crippen molar-refractivity contribution in [2.45, 2.75) is 57.6 Å². The summed E-state index contributed by atoms with van der Waals surface area (Å²) < 4.78 is 11.4. The molecule has 0 saturated carbocycles. The second kappa shape index (κ2) is 12.3. The third-order valence-electron chi connectivity index (χ3n) is 6.85. The molecule has 3 amide bonds. The number of amides is 3. The van der Waals surface area contributed by atoms with Crippen LogP contribution >= 0.6 is 0 Å². The minimum atomic E-state index is -0.914. The number of nitrogens with one attached hydrogen (secondary N) is 2. The van der Waals surface area contributed by atoms with E-state index in [4.69, 9.17) is 14.7 Å². The van der Waals surface area contributed by atoms with Crippen molar-refractivity contribution in [2.75, 3.05) is 19.7 Å². The molecule has 0 bridgehead atoms. The number of carbonyl (C=O) groups excluding carboxylic acids is 3. The summed E-state index contributed by atoms with van der Waals surface area (Å²) in [7, 11) is 0. The molecule has 1 aliphatic rings. The molecule has 10 heteroatoms. The first kappa shape index (κ1) is 28.8. The summed E-state index contributed by atoms with van der Waals surface area (Å²) in [6, 6.07) is 16.9. The Bertz CT molecular complexity index is 1340. The van der Waals surface area contributed by atoms with Crippen LogP contribution in [0.4, 0.5) is 4.79 Å². The molecule has 3 N–H and O–H groups in total. The first-order valence-corrected chi connectivity index (χ1v) is 13.4. The van der Waals surface area contributed by atoms with Crippen LogP contribution in [-0.4, -0.2) is 63.8 Å². The topological polar surface area (TPSA) is 130 Å². The van der Waals surface area contributed by atoms with E-state index < -0.39 is 23.1 Å². The SMILES string of the molecule is CC(C)(C)OC(=O)N1CCC(CC(=O)NO)(NC(=O)c2ccc(CCOc3ccnc4ccccc34)cc2)CC1. The Morgan fingerprint density at radius 2 is 1.73 bits per heavy atom. The maximum absolute atomic E-state index is 13.2. The summed E-state index contributed by atoms with van der Waals surface area (Å²) in [5, 5.41) is 13.1. The zero-order valence-corrected chi connectivity index (χ0v) is 23.1. The van der Waals surface area contributed by atoms with Crippen LogP contribution in [0.15, 0.2) is 60.8 Å². The van der Waals surface area contributed by atoms with Crippen LogP contribution in [0.5, 0.6) is 5.75 Å². The Balaban J connectivity index is 1.35. The second-order valence-electron chi connectivity index (χ2n) is 11.0. The molecule has 212 valence electrons. The normalized spacial score (nSPS) is 14.8. The van der Waals surface area contributed by atoms with E-state index in [1.807, 2.05) is 42.5 Å².